The maximum Gasteiger partial charge on any atom is 0.220 e. The maximum absolute atomic E-state index is 12.1. The van der Waals surface area contributed by atoms with Crippen LogP contribution in [0.5, 0.6) is 0 Å². The van der Waals surface area contributed by atoms with Crippen LogP contribution in [-0.2, 0) is 17.8 Å². The number of thiazole rings is 1. The van der Waals surface area contributed by atoms with Gasteiger partial charge in [-0.2, -0.15) is 0 Å². The van der Waals surface area contributed by atoms with E-state index in [4.69, 9.17) is 0 Å². The van der Waals surface area contributed by atoms with E-state index in [2.05, 4.69) is 50.9 Å². The fourth-order valence-electron chi connectivity index (χ4n) is 3.35. The lowest BCUT2D eigenvalue weighted by Crippen LogP contribution is -2.35. The molecule has 1 aliphatic rings. The van der Waals surface area contributed by atoms with Gasteiger partial charge < -0.3 is 5.32 Å². The van der Waals surface area contributed by atoms with Gasteiger partial charge in [-0.1, -0.05) is 30.3 Å². The van der Waals surface area contributed by atoms with E-state index in [0.29, 0.717) is 18.9 Å². The van der Waals surface area contributed by atoms with E-state index in [1.165, 1.54) is 5.56 Å². The van der Waals surface area contributed by atoms with Gasteiger partial charge in [-0.15, -0.1) is 11.3 Å². The summed E-state index contributed by atoms with van der Waals surface area (Å²) in [6, 6.07) is 10.6. The van der Waals surface area contributed by atoms with Crippen molar-refractivity contribution in [3.63, 3.8) is 0 Å². The zero-order chi connectivity index (χ0) is 17.5. The minimum atomic E-state index is 0.190. The molecule has 1 fully saturated rings. The molecule has 1 saturated heterocycles. The quantitative estimate of drug-likeness (QED) is 0.826. The number of carbonyl (C=O) groups excluding carboxylic acids is 1. The Balaban J connectivity index is 1.32. The summed E-state index contributed by atoms with van der Waals surface area (Å²) >= 11 is 1.67. The molecule has 0 saturated carbocycles. The van der Waals surface area contributed by atoms with E-state index in [-0.39, 0.29) is 5.91 Å². The van der Waals surface area contributed by atoms with E-state index in [1.54, 1.807) is 11.3 Å². The lowest BCUT2D eigenvalue weighted by molar-refractivity contribution is -0.122. The van der Waals surface area contributed by atoms with Gasteiger partial charge in [0.1, 0.15) is 0 Å². The minimum Gasteiger partial charge on any atom is -0.356 e. The Morgan fingerprint density at radius 1 is 1.28 bits per heavy atom. The summed E-state index contributed by atoms with van der Waals surface area (Å²) in [5, 5.41) is 6.21. The fourth-order valence-corrected chi connectivity index (χ4v) is 4.13. The van der Waals surface area contributed by atoms with Crippen molar-refractivity contribution in [2.24, 2.45) is 5.92 Å². The van der Waals surface area contributed by atoms with E-state index in [9.17, 15) is 4.79 Å². The lowest BCUT2D eigenvalue weighted by atomic mass is 9.93. The third kappa shape index (κ3) is 5.94. The van der Waals surface area contributed by atoms with Gasteiger partial charge in [-0.25, -0.2) is 4.98 Å². The van der Waals surface area contributed by atoms with Gasteiger partial charge in [0.05, 0.1) is 5.01 Å². The summed E-state index contributed by atoms with van der Waals surface area (Å²) in [7, 11) is 0. The topological polar surface area (TPSA) is 45.2 Å². The molecule has 2 aromatic rings. The van der Waals surface area contributed by atoms with Crippen LogP contribution < -0.4 is 5.32 Å². The summed E-state index contributed by atoms with van der Waals surface area (Å²) < 4.78 is 0. The Morgan fingerprint density at radius 2 is 2.04 bits per heavy atom. The number of aryl methyl sites for hydroxylation is 1. The standard InChI is InChI=1S/C20H27N3OS/c1-16-15-25-20(22-16)7-10-21-19(24)13-17-8-11-23(12-9-17)14-18-5-3-2-4-6-18/h2-6,15,17H,7-14H2,1H3,(H,21,24). The van der Waals surface area contributed by atoms with Crippen LogP contribution in [0.15, 0.2) is 35.7 Å². The van der Waals surface area contributed by atoms with Crippen molar-refractivity contribution >= 4 is 17.2 Å². The monoisotopic (exact) mass is 357 g/mol. The average molecular weight is 358 g/mol. The van der Waals surface area contributed by atoms with Gasteiger partial charge in [0, 0.05) is 37.0 Å². The van der Waals surface area contributed by atoms with Gasteiger partial charge in [-0.05, 0) is 44.3 Å². The molecule has 1 N–H and O–H groups in total. The first-order valence-electron chi connectivity index (χ1n) is 9.13. The zero-order valence-electron chi connectivity index (χ0n) is 14.9. The van der Waals surface area contributed by atoms with Gasteiger partial charge in [0.15, 0.2) is 0 Å². The molecule has 134 valence electrons. The van der Waals surface area contributed by atoms with Crippen molar-refractivity contribution in [1.82, 2.24) is 15.2 Å². The van der Waals surface area contributed by atoms with Crippen LogP contribution in [0.1, 0.15) is 35.5 Å². The highest BCUT2D eigenvalue weighted by molar-refractivity contribution is 7.09. The van der Waals surface area contributed by atoms with Crippen LogP contribution in [0, 0.1) is 12.8 Å². The number of rotatable bonds is 7. The number of hydrogen-bond donors (Lipinski definition) is 1. The first-order valence-corrected chi connectivity index (χ1v) is 10.0. The smallest absolute Gasteiger partial charge is 0.220 e. The van der Waals surface area contributed by atoms with Crippen molar-refractivity contribution in [2.45, 2.75) is 39.2 Å². The summed E-state index contributed by atoms with van der Waals surface area (Å²) in [6.07, 6.45) is 3.73. The van der Waals surface area contributed by atoms with Crippen LogP contribution in [-0.4, -0.2) is 35.4 Å². The number of amides is 1. The molecule has 1 aromatic carbocycles. The molecule has 3 rings (SSSR count). The molecule has 1 aliphatic heterocycles. The molecule has 0 bridgehead atoms. The predicted octanol–water partition coefficient (Wildman–Crippen LogP) is 3.41. The Morgan fingerprint density at radius 3 is 2.72 bits per heavy atom. The lowest BCUT2D eigenvalue weighted by Gasteiger charge is -2.31. The molecule has 2 heterocycles. The number of likely N-dealkylation sites (tertiary alicyclic amines) is 1. The highest BCUT2D eigenvalue weighted by atomic mass is 32.1. The van der Waals surface area contributed by atoms with Crippen molar-refractivity contribution in [3.8, 4) is 0 Å². The zero-order valence-corrected chi connectivity index (χ0v) is 15.7. The summed E-state index contributed by atoms with van der Waals surface area (Å²) in [6.45, 7) is 5.89. The molecular weight excluding hydrogens is 330 g/mol. The highest BCUT2D eigenvalue weighted by Crippen LogP contribution is 2.21. The molecule has 0 aliphatic carbocycles. The largest absolute Gasteiger partial charge is 0.356 e. The Hall–Kier alpha value is -1.72. The van der Waals surface area contributed by atoms with Crippen LogP contribution in [0.2, 0.25) is 0 Å². The van der Waals surface area contributed by atoms with Crippen LogP contribution >= 0.6 is 11.3 Å². The van der Waals surface area contributed by atoms with E-state index >= 15 is 0 Å². The van der Waals surface area contributed by atoms with Crippen LogP contribution in [0.3, 0.4) is 0 Å². The van der Waals surface area contributed by atoms with Gasteiger partial charge in [0.2, 0.25) is 5.91 Å². The Labute approximate surface area is 154 Å². The molecule has 5 heteroatoms. The van der Waals surface area contributed by atoms with Crippen molar-refractivity contribution < 1.29 is 4.79 Å². The van der Waals surface area contributed by atoms with Crippen LogP contribution in [0.4, 0.5) is 0 Å². The maximum atomic E-state index is 12.1. The van der Waals surface area contributed by atoms with Crippen molar-refractivity contribution in [3.05, 3.63) is 52.0 Å². The molecule has 0 unspecified atom stereocenters. The third-order valence-electron chi connectivity index (χ3n) is 4.76. The number of piperidine rings is 1. The third-order valence-corrected chi connectivity index (χ3v) is 5.78. The second-order valence-corrected chi connectivity index (χ2v) is 7.83. The number of aromatic nitrogens is 1. The first-order chi connectivity index (χ1) is 12.2. The summed E-state index contributed by atoms with van der Waals surface area (Å²) in [5.41, 5.74) is 2.43. The summed E-state index contributed by atoms with van der Waals surface area (Å²) in [4.78, 5) is 19.1. The van der Waals surface area contributed by atoms with Gasteiger partial charge >= 0.3 is 0 Å². The molecule has 0 spiro atoms. The van der Waals surface area contributed by atoms with Gasteiger partial charge in [-0.3, -0.25) is 9.69 Å². The van der Waals surface area contributed by atoms with Crippen molar-refractivity contribution in [2.75, 3.05) is 19.6 Å². The van der Waals surface area contributed by atoms with Crippen molar-refractivity contribution in [1.29, 1.82) is 0 Å². The number of nitrogens with one attached hydrogen (secondary N) is 1. The van der Waals surface area contributed by atoms with E-state index in [0.717, 1.165) is 49.6 Å². The minimum absolute atomic E-state index is 0.190. The second kappa shape index (κ2) is 9.11. The van der Waals surface area contributed by atoms with E-state index in [1.807, 2.05) is 6.92 Å². The SMILES string of the molecule is Cc1csc(CCNC(=O)CC2CCN(Cc3ccccc3)CC2)n1. The number of nitrogens with zero attached hydrogens (tertiary/aromatic N) is 2. The molecule has 0 radical (unpaired) electrons. The highest BCUT2D eigenvalue weighted by Gasteiger charge is 2.21. The van der Waals surface area contributed by atoms with Crippen LogP contribution in [0.25, 0.3) is 0 Å². The molecule has 4 nitrogen and oxygen atoms in total. The Bertz CT molecular complexity index is 663. The van der Waals surface area contributed by atoms with E-state index < -0.39 is 0 Å². The Kier molecular flexibility index (Phi) is 6.59. The number of hydrogen-bond acceptors (Lipinski definition) is 4. The second-order valence-electron chi connectivity index (χ2n) is 6.89. The first kappa shape index (κ1) is 18.1. The molecule has 0 atom stereocenters. The fraction of sp³-hybridized carbons (Fsp3) is 0.500. The molecule has 1 aromatic heterocycles. The molecule has 1 amide bonds. The van der Waals surface area contributed by atoms with Gasteiger partial charge in [0.25, 0.3) is 0 Å². The predicted molar refractivity (Wildman–Crippen MR) is 103 cm³/mol. The summed E-state index contributed by atoms with van der Waals surface area (Å²) in [5.74, 6) is 0.712. The number of benzene rings is 1. The molecule has 25 heavy (non-hydrogen) atoms. The normalized spacial score (nSPS) is 16.0. The molecular formula is C20H27N3OS. The number of carbonyl (C=O) groups is 1. The average Bonchev–Trinajstić information content (AvgIpc) is 3.03.